The van der Waals surface area contributed by atoms with Gasteiger partial charge in [-0.3, -0.25) is 4.90 Å². The highest BCUT2D eigenvalue weighted by Gasteiger charge is 2.19. The molecule has 0 radical (unpaired) electrons. The number of fused-ring (bicyclic) bond motifs is 1. The van der Waals surface area contributed by atoms with Gasteiger partial charge in [-0.15, -0.1) is 0 Å². The van der Waals surface area contributed by atoms with Crippen molar-refractivity contribution in [3.63, 3.8) is 0 Å². The second-order valence-corrected chi connectivity index (χ2v) is 6.32. The third-order valence-electron chi connectivity index (χ3n) is 4.52. The number of aryl methyl sites for hydroxylation is 1. The first-order valence-corrected chi connectivity index (χ1v) is 8.22. The third-order valence-corrected chi connectivity index (χ3v) is 4.52. The van der Waals surface area contributed by atoms with Gasteiger partial charge in [0.2, 0.25) is 5.95 Å². The van der Waals surface area contributed by atoms with E-state index in [2.05, 4.69) is 20.0 Å². The maximum atomic E-state index is 13.1. The second kappa shape index (κ2) is 6.25. The first-order chi connectivity index (χ1) is 12.1. The zero-order valence-corrected chi connectivity index (χ0v) is 14.0. The van der Waals surface area contributed by atoms with Gasteiger partial charge in [-0.1, -0.05) is 0 Å². The Labute approximate surface area is 145 Å². The van der Waals surface area contributed by atoms with Crippen molar-refractivity contribution in [2.45, 2.75) is 26.4 Å². The molecule has 2 aromatic heterocycles. The van der Waals surface area contributed by atoms with Crippen LogP contribution in [0.25, 0.3) is 5.69 Å². The highest BCUT2D eigenvalue weighted by Crippen LogP contribution is 2.21. The molecular formula is C18H19FN6. The Morgan fingerprint density at radius 3 is 2.84 bits per heavy atom. The molecule has 3 heterocycles. The predicted octanol–water partition coefficient (Wildman–Crippen LogP) is 2.25. The van der Waals surface area contributed by atoms with Crippen LogP contribution in [0.15, 0.2) is 36.7 Å². The van der Waals surface area contributed by atoms with Gasteiger partial charge in [0.05, 0.1) is 17.1 Å². The average Bonchev–Trinajstić information content (AvgIpc) is 2.96. The van der Waals surface area contributed by atoms with Crippen molar-refractivity contribution in [2.75, 3.05) is 12.3 Å². The molecule has 128 valence electrons. The van der Waals surface area contributed by atoms with Crippen molar-refractivity contribution in [2.24, 2.45) is 0 Å². The number of aromatic nitrogens is 4. The molecule has 0 amide bonds. The van der Waals surface area contributed by atoms with Crippen LogP contribution in [-0.4, -0.2) is 31.2 Å². The number of rotatable bonds is 3. The van der Waals surface area contributed by atoms with Crippen LogP contribution in [0.4, 0.5) is 10.3 Å². The number of anilines is 1. The van der Waals surface area contributed by atoms with Gasteiger partial charge >= 0.3 is 0 Å². The van der Waals surface area contributed by atoms with Crippen LogP contribution in [0.5, 0.6) is 0 Å². The standard InChI is InChI=1S/C18H19FN6/c1-12-14(11-25(23-12)16-4-2-15(19)3-5-16)10-24-7-6-17-13(9-24)8-21-18(20)22-17/h2-5,8,11H,6-7,9-10H2,1H3,(H2,20,21,22). The predicted molar refractivity (Wildman–Crippen MR) is 92.5 cm³/mol. The van der Waals surface area contributed by atoms with E-state index in [1.54, 1.807) is 16.8 Å². The second-order valence-electron chi connectivity index (χ2n) is 6.32. The molecule has 0 fully saturated rings. The van der Waals surface area contributed by atoms with Crippen LogP contribution in [0.2, 0.25) is 0 Å². The summed E-state index contributed by atoms with van der Waals surface area (Å²) in [6.07, 6.45) is 4.70. The highest BCUT2D eigenvalue weighted by atomic mass is 19.1. The zero-order valence-electron chi connectivity index (χ0n) is 14.0. The van der Waals surface area contributed by atoms with Crippen LogP contribution in [0, 0.1) is 12.7 Å². The molecule has 0 saturated carbocycles. The first-order valence-electron chi connectivity index (χ1n) is 8.22. The molecule has 1 aliphatic heterocycles. The average molecular weight is 338 g/mol. The number of nitrogens with zero attached hydrogens (tertiary/aromatic N) is 5. The fourth-order valence-electron chi connectivity index (χ4n) is 3.14. The Balaban J connectivity index is 1.52. The minimum Gasteiger partial charge on any atom is -0.368 e. The molecule has 0 spiro atoms. The number of nitrogens with two attached hydrogens (primary N) is 1. The van der Waals surface area contributed by atoms with Gasteiger partial charge in [0, 0.05) is 49.6 Å². The molecule has 1 aromatic carbocycles. The summed E-state index contributed by atoms with van der Waals surface area (Å²) in [5.41, 5.74) is 10.8. The van der Waals surface area contributed by atoms with E-state index >= 15 is 0 Å². The molecule has 0 atom stereocenters. The van der Waals surface area contributed by atoms with E-state index < -0.39 is 0 Å². The SMILES string of the molecule is Cc1nn(-c2ccc(F)cc2)cc1CN1CCc2nc(N)ncc2C1. The van der Waals surface area contributed by atoms with Crippen molar-refractivity contribution >= 4 is 5.95 Å². The van der Waals surface area contributed by atoms with E-state index in [1.807, 2.05) is 19.3 Å². The Bertz CT molecular complexity index is 902. The molecule has 0 unspecified atom stereocenters. The Morgan fingerprint density at radius 1 is 1.24 bits per heavy atom. The lowest BCUT2D eigenvalue weighted by Crippen LogP contribution is -2.31. The summed E-state index contributed by atoms with van der Waals surface area (Å²) in [4.78, 5) is 10.8. The van der Waals surface area contributed by atoms with Gasteiger partial charge in [0.1, 0.15) is 5.82 Å². The van der Waals surface area contributed by atoms with Crippen LogP contribution in [0.1, 0.15) is 22.5 Å². The first kappa shape index (κ1) is 15.7. The van der Waals surface area contributed by atoms with Gasteiger partial charge in [0.25, 0.3) is 0 Å². The van der Waals surface area contributed by atoms with Gasteiger partial charge in [-0.2, -0.15) is 5.10 Å². The fraction of sp³-hybridized carbons (Fsp3) is 0.278. The van der Waals surface area contributed by atoms with Crippen molar-refractivity contribution in [3.05, 3.63) is 65.0 Å². The number of hydrogen-bond acceptors (Lipinski definition) is 5. The Hall–Kier alpha value is -2.80. The molecule has 0 aliphatic carbocycles. The number of hydrogen-bond donors (Lipinski definition) is 1. The molecule has 4 rings (SSSR count). The number of halogens is 1. The lowest BCUT2D eigenvalue weighted by Gasteiger charge is -2.27. The quantitative estimate of drug-likeness (QED) is 0.793. The molecule has 3 aromatic rings. The molecule has 2 N–H and O–H groups in total. The molecule has 0 bridgehead atoms. The van der Waals surface area contributed by atoms with E-state index in [9.17, 15) is 4.39 Å². The van der Waals surface area contributed by atoms with Gasteiger partial charge in [-0.25, -0.2) is 19.0 Å². The number of nitrogen functional groups attached to an aromatic ring is 1. The third kappa shape index (κ3) is 3.23. The summed E-state index contributed by atoms with van der Waals surface area (Å²) < 4.78 is 14.9. The van der Waals surface area contributed by atoms with E-state index in [0.29, 0.717) is 5.95 Å². The van der Waals surface area contributed by atoms with Crippen LogP contribution >= 0.6 is 0 Å². The summed E-state index contributed by atoms with van der Waals surface area (Å²) in [6.45, 7) is 4.52. The fourth-order valence-corrected chi connectivity index (χ4v) is 3.14. The monoisotopic (exact) mass is 338 g/mol. The molecule has 0 saturated heterocycles. The van der Waals surface area contributed by atoms with Crippen molar-refractivity contribution < 1.29 is 4.39 Å². The summed E-state index contributed by atoms with van der Waals surface area (Å²) in [7, 11) is 0. The van der Waals surface area contributed by atoms with Crippen LogP contribution < -0.4 is 5.73 Å². The van der Waals surface area contributed by atoms with Gasteiger partial charge < -0.3 is 5.73 Å². The summed E-state index contributed by atoms with van der Waals surface area (Å²) >= 11 is 0. The molecule has 7 heteroatoms. The van der Waals surface area contributed by atoms with Crippen LogP contribution in [0.3, 0.4) is 0 Å². The minimum absolute atomic E-state index is 0.248. The largest absolute Gasteiger partial charge is 0.368 e. The van der Waals surface area contributed by atoms with E-state index in [-0.39, 0.29) is 5.82 Å². The summed E-state index contributed by atoms with van der Waals surface area (Å²) in [6, 6.07) is 6.34. The van der Waals surface area contributed by atoms with E-state index in [4.69, 9.17) is 5.73 Å². The highest BCUT2D eigenvalue weighted by molar-refractivity contribution is 5.33. The zero-order chi connectivity index (χ0) is 17.4. The van der Waals surface area contributed by atoms with Crippen molar-refractivity contribution in [1.82, 2.24) is 24.6 Å². The van der Waals surface area contributed by atoms with Gasteiger partial charge in [-0.05, 0) is 31.2 Å². The summed E-state index contributed by atoms with van der Waals surface area (Å²) in [5.74, 6) is 0.0892. The van der Waals surface area contributed by atoms with Crippen molar-refractivity contribution in [3.8, 4) is 5.69 Å². The van der Waals surface area contributed by atoms with Crippen molar-refractivity contribution in [1.29, 1.82) is 0 Å². The molecule has 25 heavy (non-hydrogen) atoms. The maximum absolute atomic E-state index is 13.1. The molecular weight excluding hydrogens is 319 g/mol. The number of benzene rings is 1. The smallest absolute Gasteiger partial charge is 0.220 e. The summed E-state index contributed by atoms with van der Waals surface area (Å²) in [5, 5.41) is 4.56. The van der Waals surface area contributed by atoms with Gasteiger partial charge in [0.15, 0.2) is 0 Å². The molecule has 1 aliphatic rings. The minimum atomic E-state index is -0.248. The molecule has 6 nitrogen and oxygen atoms in total. The normalized spacial score (nSPS) is 14.5. The topological polar surface area (TPSA) is 72.9 Å². The Morgan fingerprint density at radius 2 is 2.04 bits per heavy atom. The van der Waals surface area contributed by atoms with E-state index in [1.165, 1.54) is 12.1 Å². The van der Waals surface area contributed by atoms with Crippen LogP contribution in [-0.2, 0) is 19.5 Å². The lowest BCUT2D eigenvalue weighted by molar-refractivity contribution is 0.242. The Kier molecular flexibility index (Phi) is 3.93. The maximum Gasteiger partial charge on any atom is 0.220 e. The lowest BCUT2D eigenvalue weighted by atomic mass is 10.1. The van der Waals surface area contributed by atoms with E-state index in [0.717, 1.165) is 54.3 Å².